The third-order valence-corrected chi connectivity index (χ3v) is 3.31. The van der Waals surface area contributed by atoms with Gasteiger partial charge in [-0.2, -0.15) is 0 Å². The van der Waals surface area contributed by atoms with Gasteiger partial charge in [-0.25, -0.2) is 4.39 Å². The second-order valence-corrected chi connectivity index (χ2v) is 5.24. The van der Waals surface area contributed by atoms with E-state index in [9.17, 15) is 22.4 Å². The van der Waals surface area contributed by atoms with Crippen molar-refractivity contribution in [1.82, 2.24) is 5.32 Å². The summed E-state index contributed by atoms with van der Waals surface area (Å²) in [5, 5.41) is 5.40. The molecule has 0 spiro atoms. The van der Waals surface area contributed by atoms with Crippen molar-refractivity contribution in [3.05, 3.63) is 59.9 Å². The topological polar surface area (TPSA) is 50.4 Å². The number of ether oxygens (including phenoxy) is 1. The number of halogens is 4. The van der Waals surface area contributed by atoms with Gasteiger partial charge in [0.2, 0.25) is 5.91 Å². The van der Waals surface area contributed by atoms with Crippen molar-refractivity contribution in [3.8, 4) is 5.75 Å². The molecule has 2 aromatic rings. The minimum atomic E-state index is -4.77. The fourth-order valence-corrected chi connectivity index (χ4v) is 2.13. The first kappa shape index (κ1) is 18.7. The molecule has 1 amide bonds. The number of benzene rings is 2. The van der Waals surface area contributed by atoms with Crippen LogP contribution < -0.4 is 15.4 Å². The number of carbonyl (C=O) groups excluding carboxylic acids is 1. The van der Waals surface area contributed by atoms with Crippen molar-refractivity contribution in [1.29, 1.82) is 0 Å². The van der Waals surface area contributed by atoms with Crippen LogP contribution >= 0.6 is 0 Å². The van der Waals surface area contributed by atoms with Crippen molar-refractivity contribution in [2.45, 2.75) is 19.3 Å². The number of rotatable bonds is 6. The summed E-state index contributed by atoms with van der Waals surface area (Å²) in [5.74, 6) is -1.16. The molecule has 0 saturated heterocycles. The minimum absolute atomic E-state index is 0.0870. The first-order valence-electron chi connectivity index (χ1n) is 7.38. The van der Waals surface area contributed by atoms with Crippen molar-refractivity contribution in [2.24, 2.45) is 0 Å². The summed E-state index contributed by atoms with van der Waals surface area (Å²) in [6.07, 6.45) is -4.77. The molecule has 134 valence electrons. The summed E-state index contributed by atoms with van der Waals surface area (Å²) >= 11 is 0. The van der Waals surface area contributed by atoms with Gasteiger partial charge in [-0.3, -0.25) is 4.79 Å². The Morgan fingerprint density at radius 3 is 2.36 bits per heavy atom. The highest BCUT2D eigenvalue weighted by Gasteiger charge is 2.30. The van der Waals surface area contributed by atoms with E-state index in [1.807, 2.05) is 0 Å². The molecule has 0 aliphatic heterocycles. The highest BCUT2D eigenvalue weighted by molar-refractivity contribution is 5.92. The van der Waals surface area contributed by atoms with Gasteiger partial charge < -0.3 is 15.4 Å². The van der Waals surface area contributed by atoms with Gasteiger partial charge in [-0.05, 0) is 37.3 Å². The number of amides is 1. The Morgan fingerprint density at radius 2 is 1.76 bits per heavy atom. The van der Waals surface area contributed by atoms with Crippen LogP contribution in [0.1, 0.15) is 18.5 Å². The fourth-order valence-electron chi connectivity index (χ4n) is 2.13. The highest BCUT2D eigenvalue weighted by atomic mass is 19.4. The Hall–Kier alpha value is -2.61. The van der Waals surface area contributed by atoms with E-state index in [1.54, 1.807) is 25.1 Å². The summed E-state index contributed by atoms with van der Waals surface area (Å²) in [6, 6.07) is 10.6. The normalized spacial score (nSPS) is 12.5. The Kier molecular flexibility index (Phi) is 5.97. The first-order chi connectivity index (χ1) is 11.7. The number of anilines is 1. The molecule has 4 nitrogen and oxygen atoms in total. The predicted molar refractivity (Wildman–Crippen MR) is 84.6 cm³/mol. The smallest absolute Gasteiger partial charge is 0.406 e. The lowest BCUT2D eigenvalue weighted by atomic mass is 10.1. The summed E-state index contributed by atoms with van der Waals surface area (Å²) in [4.78, 5) is 11.9. The highest BCUT2D eigenvalue weighted by Crippen LogP contribution is 2.24. The van der Waals surface area contributed by atoms with Gasteiger partial charge >= 0.3 is 6.36 Å². The van der Waals surface area contributed by atoms with E-state index in [2.05, 4.69) is 15.4 Å². The van der Waals surface area contributed by atoms with E-state index in [4.69, 9.17) is 0 Å². The van der Waals surface area contributed by atoms with Gasteiger partial charge in [-0.1, -0.05) is 18.2 Å². The molecule has 2 N–H and O–H groups in total. The SMILES string of the molecule is CC(NCC(=O)Nc1ccc(OC(F)(F)F)cc1)c1ccccc1F. The zero-order valence-corrected chi connectivity index (χ0v) is 13.2. The van der Waals surface area contributed by atoms with Crippen molar-refractivity contribution >= 4 is 11.6 Å². The number of alkyl halides is 3. The summed E-state index contributed by atoms with van der Waals surface area (Å²) in [7, 11) is 0. The molecule has 2 aromatic carbocycles. The summed E-state index contributed by atoms with van der Waals surface area (Å²) in [6.45, 7) is 1.63. The molecule has 2 rings (SSSR count). The maximum atomic E-state index is 13.6. The second-order valence-electron chi connectivity index (χ2n) is 5.24. The second kappa shape index (κ2) is 7.98. The van der Waals surface area contributed by atoms with Gasteiger partial charge in [-0.15, -0.1) is 13.2 Å². The lowest BCUT2D eigenvalue weighted by molar-refractivity contribution is -0.274. The van der Waals surface area contributed by atoms with Gasteiger partial charge in [0.1, 0.15) is 11.6 Å². The molecular weight excluding hydrogens is 340 g/mol. The molecule has 0 aromatic heterocycles. The first-order valence-corrected chi connectivity index (χ1v) is 7.38. The van der Waals surface area contributed by atoms with Crippen LogP contribution in [0.4, 0.5) is 23.2 Å². The van der Waals surface area contributed by atoms with Gasteiger partial charge in [0.05, 0.1) is 6.54 Å². The van der Waals surface area contributed by atoms with Crippen molar-refractivity contribution in [3.63, 3.8) is 0 Å². The van der Waals surface area contributed by atoms with E-state index < -0.39 is 12.3 Å². The number of carbonyl (C=O) groups is 1. The minimum Gasteiger partial charge on any atom is -0.406 e. The third kappa shape index (κ3) is 6.07. The van der Waals surface area contributed by atoms with Crippen LogP contribution in [0.2, 0.25) is 0 Å². The van der Waals surface area contributed by atoms with E-state index in [0.717, 1.165) is 12.1 Å². The molecule has 1 unspecified atom stereocenters. The molecule has 0 fully saturated rings. The largest absolute Gasteiger partial charge is 0.573 e. The van der Waals surface area contributed by atoms with Gasteiger partial charge in [0.15, 0.2) is 0 Å². The lowest BCUT2D eigenvalue weighted by Crippen LogP contribution is -2.30. The molecule has 8 heteroatoms. The van der Waals surface area contributed by atoms with Crippen LogP contribution in [0, 0.1) is 5.82 Å². The lowest BCUT2D eigenvalue weighted by Gasteiger charge is -2.15. The van der Waals surface area contributed by atoms with Crippen LogP contribution in [0.15, 0.2) is 48.5 Å². The monoisotopic (exact) mass is 356 g/mol. The molecule has 25 heavy (non-hydrogen) atoms. The molecule has 0 heterocycles. The molecule has 0 radical (unpaired) electrons. The number of hydrogen-bond donors (Lipinski definition) is 2. The number of nitrogens with one attached hydrogen (secondary N) is 2. The zero-order valence-electron chi connectivity index (χ0n) is 13.2. The summed E-state index contributed by atoms with van der Waals surface area (Å²) < 4.78 is 53.6. The Labute approximate surface area is 141 Å². The van der Waals surface area contributed by atoms with E-state index >= 15 is 0 Å². The van der Waals surface area contributed by atoms with Crippen molar-refractivity contribution < 1.29 is 27.1 Å². The van der Waals surface area contributed by atoms with Gasteiger partial charge in [0, 0.05) is 17.3 Å². The van der Waals surface area contributed by atoms with Crippen LogP contribution in [0.25, 0.3) is 0 Å². The molecular formula is C17H16F4N2O2. The maximum Gasteiger partial charge on any atom is 0.573 e. The Balaban J connectivity index is 1.85. The number of hydrogen-bond acceptors (Lipinski definition) is 3. The third-order valence-electron chi connectivity index (χ3n) is 3.31. The zero-order chi connectivity index (χ0) is 18.4. The summed E-state index contributed by atoms with van der Waals surface area (Å²) in [5.41, 5.74) is 0.754. The molecule has 0 bridgehead atoms. The maximum absolute atomic E-state index is 13.6. The van der Waals surface area contributed by atoms with Gasteiger partial charge in [0.25, 0.3) is 0 Å². The predicted octanol–water partition coefficient (Wildman–Crippen LogP) is 4.01. The average Bonchev–Trinajstić information content (AvgIpc) is 2.53. The molecule has 1 atom stereocenters. The molecule has 0 aliphatic carbocycles. The Morgan fingerprint density at radius 1 is 1.12 bits per heavy atom. The quantitative estimate of drug-likeness (QED) is 0.769. The van der Waals surface area contributed by atoms with E-state index in [-0.39, 0.29) is 24.2 Å². The van der Waals surface area contributed by atoms with Crippen LogP contribution in [0.3, 0.4) is 0 Å². The van der Waals surface area contributed by atoms with Crippen LogP contribution in [0.5, 0.6) is 5.75 Å². The average molecular weight is 356 g/mol. The van der Waals surface area contributed by atoms with Crippen LogP contribution in [-0.4, -0.2) is 18.8 Å². The molecule has 0 saturated carbocycles. The van der Waals surface area contributed by atoms with E-state index in [0.29, 0.717) is 11.3 Å². The molecule has 0 aliphatic rings. The fraction of sp³-hybridized carbons (Fsp3) is 0.235. The van der Waals surface area contributed by atoms with E-state index in [1.165, 1.54) is 18.2 Å². The van der Waals surface area contributed by atoms with Crippen molar-refractivity contribution in [2.75, 3.05) is 11.9 Å². The standard InChI is InChI=1S/C17H16F4N2O2/c1-11(14-4-2-3-5-15(14)18)22-10-16(24)23-12-6-8-13(9-7-12)25-17(19,20)21/h2-9,11,22H,10H2,1H3,(H,23,24). The van der Waals surface area contributed by atoms with Crippen LogP contribution in [-0.2, 0) is 4.79 Å². The Bertz CT molecular complexity index is 717.